The standard InChI is InChI=1S/C21H24N6O/c28-21(20(27-16-22-24-25-27)18-9-5-2-6-10-18)23-19-11-13-26(14-12-19)15-17-7-3-1-4-8-17/h1-10,16,19-20H,11-15H2,(H,23,28)/t20-/m0/s1. The smallest absolute Gasteiger partial charge is 0.249 e. The van der Waals surface area contributed by atoms with Gasteiger partial charge in [0.1, 0.15) is 6.33 Å². The van der Waals surface area contributed by atoms with E-state index < -0.39 is 6.04 Å². The van der Waals surface area contributed by atoms with Crippen molar-refractivity contribution in [1.29, 1.82) is 0 Å². The van der Waals surface area contributed by atoms with Crippen LogP contribution in [0, 0.1) is 0 Å². The number of carbonyl (C=O) groups excluding carboxylic acids is 1. The number of carbonyl (C=O) groups is 1. The molecule has 1 aliphatic heterocycles. The van der Waals surface area contributed by atoms with Gasteiger partial charge in [0.15, 0.2) is 6.04 Å². The molecule has 0 saturated carbocycles. The first kappa shape index (κ1) is 18.3. The second-order valence-electron chi connectivity index (χ2n) is 7.15. The Kier molecular flexibility index (Phi) is 5.72. The molecule has 0 radical (unpaired) electrons. The maximum atomic E-state index is 13.0. The van der Waals surface area contributed by atoms with E-state index in [4.69, 9.17) is 0 Å². The molecule has 1 aromatic heterocycles. The molecule has 3 aromatic rings. The Morgan fingerprint density at radius 1 is 1.04 bits per heavy atom. The van der Waals surface area contributed by atoms with Crippen molar-refractivity contribution in [3.8, 4) is 0 Å². The molecule has 1 amide bonds. The third kappa shape index (κ3) is 4.43. The van der Waals surface area contributed by atoms with Crippen LogP contribution in [0.4, 0.5) is 0 Å². The Morgan fingerprint density at radius 2 is 1.71 bits per heavy atom. The first-order valence-electron chi connectivity index (χ1n) is 9.63. The Bertz CT molecular complexity index is 860. The van der Waals surface area contributed by atoms with E-state index in [1.54, 1.807) is 0 Å². The number of aromatic nitrogens is 4. The number of nitrogens with zero attached hydrogens (tertiary/aromatic N) is 5. The van der Waals surface area contributed by atoms with Crippen molar-refractivity contribution in [2.75, 3.05) is 13.1 Å². The van der Waals surface area contributed by atoms with E-state index in [1.807, 2.05) is 36.4 Å². The van der Waals surface area contributed by atoms with Gasteiger partial charge in [0.25, 0.3) is 0 Å². The van der Waals surface area contributed by atoms with Gasteiger partial charge in [-0.1, -0.05) is 60.7 Å². The van der Waals surface area contributed by atoms with Crippen LogP contribution in [-0.2, 0) is 11.3 Å². The molecule has 0 bridgehead atoms. The van der Waals surface area contributed by atoms with Crippen LogP contribution in [-0.4, -0.2) is 50.1 Å². The molecule has 1 fully saturated rings. The third-order valence-electron chi connectivity index (χ3n) is 5.18. The van der Waals surface area contributed by atoms with Gasteiger partial charge < -0.3 is 5.32 Å². The third-order valence-corrected chi connectivity index (χ3v) is 5.18. The van der Waals surface area contributed by atoms with Crippen LogP contribution >= 0.6 is 0 Å². The average Bonchev–Trinajstić information content (AvgIpc) is 3.25. The molecule has 4 rings (SSSR count). The van der Waals surface area contributed by atoms with Crippen molar-refractivity contribution >= 4 is 5.91 Å². The number of benzene rings is 2. The summed E-state index contributed by atoms with van der Waals surface area (Å²) in [5, 5.41) is 14.5. The summed E-state index contributed by atoms with van der Waals surface area (Å²) in [7, 11) is 0. The number of hydrogen-bond acceptors (Lipinski definition) is 5. The van der Waals surface area contributed by atoms with E-state index in [0.717, 1.165) is 38.0 Å². The number of rotatable bonds is 6. The van der Waals surface area contributed by atoms with Crippen molar-refractivity contribution < 1.29 is 4.79 Å². The van der Waals surface area contributed by atoms with Gasteiger partial charge >= 0.3 is 0 Å². The van der Waals surface area contributed by atoms with Gasteiger partial charge in [-0.15, -0.1) is 5.10 Å². The number of amides is 1. The molecule has 2 aromatic carbocycles. The molecule has 1 saturated heterocycles. The SMILES string of the molecule is O=C(NC1CCN(Cc2ccccc2)CC1)[C@H](c1ccccc1)n1cnnn1. The quantitative estimate of drug-likeness (QED) is 0.713. The van der Waals surface area contributed by atoms with Crippen LogP contribution in [0.25, 0.3) is 0 Å². The highest BCUT2D eigenvalue weighted by Crippen LogP contribution is 2.19. The monoisotopic (exact) mass is 376 g/mol. The fourth-order valence-corrected chi connectivity index (χ4v) is 3.70. The highest BCUT2D eigenvalue weighted by atomic mass is 16.2. The van der Waals surface area contributed by atoms with Gasteiger partial charge in [-0.3, -0.25) is 9.69 Å². The zero-order valence-electron chi connectivity index (χ0n) is 15.7. The van der Waals surface area contributed by atoms with Gasteiger partial charge in [0.05, 0.1) is 0 Å². The van der Waals surface area contributed by atoms with Crippen LogP contribution in [0.5, 0.6) is 0 Å². The lowest BCUT2D eigenvalue weighted by atomic mass is 10.0. The Morgan fingerprint density at radius 3 is 2.36 bits per heavy atom. The zero-order valence-corrected chi connectivity index (χ0v) is 15.7. The van der Waals surface area contributed by atoms with Crippen LogP contribution < -0.4 is 5.32 Å². The van der Waals surface area contributed by atoms with Crippen molar-refractivity contribution in [2.24, 2.45) is 0 Å². The molecular weight excluding hydrogens is 352 g/mol. The second kappa shape index (κ2) is 8.75. The number of hydrogen-bond donors (Lipinski definition) is 1. The number of likely N-dealkylation sites (tertiary alicyclic amines) is 1. The lowest BCUT2D eigenvalue weighted by Gasteiger charge is -2.33. The molecule has 144 valence electrons. The van der Waals surface area contributed by atoms with Crippen molar-refractivity contribution in [3.05, 3.63) is 78.1 Å². The first-order chi connectivity index (χ1) is 13.8. The minimum absolute atomic E-state index is 0.0694. The zero-order chi connectivity index (χ0) is 19.2. The largest absolute Gasteiger partial charge is 0.351 e. The molecule has 28 heavy (non-hydrogen) atoms. The molecule has 1 atom stereocenters. The van der Waals surface area contributed by atoms with Crippen molar-refractivity contribution in [3.63, 3.8) is 0 Å². The predicted molar refractivity (Wildman–Crippen MR) is 105 cm³/mol. The van der Waals surface area contributed by atoms with Crippen LogP contribution in [0.15, 0.2) is 67.0 Å². The van der Waals surface area contributed by atoms with E-state index in [1.165, 1.54) is 16.6 Å². The lowest BCUT2D eigenvalue weighted by Crippen LogP contribution is -2.46. The molecule has 7 nitrogen and oxygen atoms in total. The van der Waals surface area contributed by atoms with E-state index in [0.29, 0.717) is 0 Å². The van der Waals surface area contributed by atoms with E-state index in [-0.39, 0.29) is 11.9 Å². The second-order valence-corrected chi connectivity index (χ2v) is 7.15. The minimum atomic E-state index is -0.557. The van der Waals surface area contributed by atoms with Crippen LogP contribution in [0.2, 0.25) is 0 Å². The average molecular weight is 376 g/mol. The van der Waals surface area contributed by atoms with Gasteiger partial charge in [0, 0.05) is 25.7 Å². The summed E-state index contributed by atoms with van der Waals surface area (Å²) in [6.45, 7) is 2.90. The van der Waals surface area contributed by atoms with Crippen LogP contribution in [0.3, 0.4) is 0 Å². The first-order valence-corrected chi connectivity index (χ1v) is 9.63. The van der Waals surface area contributed by atoms with E-state index in [9.17, 15) is 4.79 Å². The van der Waals surface area contributed by atoms with Gasteiger partial charge in [-0.05, 0) is 34.4 Å². The summed E-state index contributed by atoms with van der Waals surface area (Å²) in [5.41, 5.74) is 2.20. The predicted octanol–water partition coefficient (Wildman–Crippen LogP) is 2.04. The summed E-state index contributed by atoms with van der Waals surface area (Å²) in [4.78, 5) is 15.5. The van der Waals surface area contributed by atoms with Gasteiger partial charge in [-0.25, -0.2) is 4.68 Å². The summed E-state index contributed by atoms with van der Waals surface area (Å²) in [6, 6.07) is 19.7. The summed E-state index contributed by atoms with van der Waals surface area (Å²) >= 11 is 0. The van der Waals surface area contributed by atoms with E-state index in [2.05, 4.69) is 50.0 Å². The molecule has 1 N–H and O–H groups in total. The Balaban J connectivity index is 1.36. The maximum Gasteiger partial charge on any atom is 0.249 e. The fraction of sp³-hybridized carbons (Fsp3) is 0.333. The van der Waals surface area contributed by atoms with E-state index >= 15 is 0 Å². The molecule has 0 spiro atoms. The highest BCUT2D eigenvalue weighted by molar-refractivity contribution is 5.83. The molecule has 1 aliphatic rings. The summed E-state index contributed by atoms with van der Waals surface area (Å²) < 4.78 is 1.51. The molecule has 0 unspecified atom stereocenters. The number of piperidine rings is 1. The maximum absolute atomic E-state index is 13.0. The molecular formula is C21H24N6O. The minimum Gasteiger partial charge on any atom is -0.351 e. The number of tetrazole rings is 1. The number of nitrogens with one attached hydrogen (secondary N) is 1. The fourth-order valence-electron chi connectivity index (χ4n) is 3.70. The van der Waals surface area contributed by atoms with Gasteiger partial charge in [0.2, 0.25) is 5.91 Å². The normalized spacial score (nSPS) is 16.6. The molecule has 7 heteroatoms. The molecule has 0 aliphatic carbocycles. The van der Waals surface area contributed by atoms with Crippen LogP contribution in [0.1, 0.15) is 30.0 Å². The van der Waals surface area contributed by atoms with Crippen molar-refractivity contribution in [2.45, 2.75) is 31.5 Å². The Labute approximate surface area is 164 Å². The summed E-state index contributed by atoms with van der Waals surface area (Å²) in [5.74, 6) is -0.0694. The molecule has 2 heterocycles. The highest BCUT2D eigenvalue weighted by Gasteiger charge is 2.27. The van der Waals surface area contributed by atoms with Crippen molar-refractivity contribution in [1.82, 2.24) is 30.4 Å². The lowest BCUT2D eigenvalue weighted by molar-refractivity contribution is -0.124. The summed E-state index contributed by atoms with van der Waals surface area (Å²) in [6.07, 6.45) is 3.37. The topological polar surface area (TPSA) is 75.9 Å². The van der Waals surface area contributed by atoms with Gasteiger partial charge in [-0.2, -0.15) is 0 Å². The Hall–Kier alpha value is -3.06.